The van der Waals surface area contributed by atoms with Crippen LogP contribution in [-0.4, -0.2) is 0 Å². The van der Waals surface area contributed by atoms with Crippen LogP contribution in [0.4, 0.5) is 0 Å². The molecule has 1 aromatic carbocycles. The smallest absolute Gasteiger partial charge is 0.202 e. The van der Waals surface area contributed by atoms with Gasteiger partial charge in [0.2, 0.25) is 5.69 Å². The first-order valence-electron chi connectivity index (χ1n) is 6.39. The summed E-state index contributed by atoms with van der Waals surface area (Å²) in [5, 5.41) is 0. The van der Waals surface area contributed by atoms with Crippen LogP contribution in [0.3, 0.4) is 0 Å². The SMILES string of the molecule is CC(C)c1ccc(/C=C/c2cccc[n+]2C)cc1. The van der Waals surface area contributed by atoms with Crippen LogP contribution < -0.4 is 4.57 Å². The highest BCUT2D eigenvalue weighted by atomic mass is 14.9. The lowest BCUT2D eigenvalue weighted by atomic mass is 10.0. The first kappa shape index (κ1) is 12.6. The van der Waals surface area contributed by atoms with E-state index in [1.165, 1.54) is 16.8 Å². The lowest BCUT2D eigenvalue weighted by Crippen LogP contribution is -2.30. The monoisotopic (exact) mass is 238 g/mol. The van der Waals surface area contributed by atoms with Gasteiger partial charge in [0.25, 0.3) is 0 Å². The second kappa shape index (κ2) is 5.63. The van der Waals surface area contributed by atoms with Gasteiger partial charge in [-0.1, -0.05) is 38.1 Å². The maximum atomic E-state index is 2.22. The molecule has 0 unspecified atom stereocenters. The van der Waals surface area contributed by atoms with Gasteiger partial charge in [-0.2, -0.15) is 0 Å². The van der Waals surface area contributed by atoms with Gasteiger partial charge in [-0.3, -0.25) is 0 Å². The van der Waals surface area contributed by atoms with Crippen molar-refractivity contribution in [2.45, 2.75) is 19.8 Å². The molecule has 1 nitrogen and oxygen atoms in total. The van der Waals surface area contributed by atoms with E-state index < -0.39 is 0 Å². The normalized spacial score (nSPS) is 11.3. The molecule has 0 fully saturated rings. The summed E-state index contributed by atoms with van der Waals surface area (Å²) in [6.07, 6.45) is 6.35. The van der Waals surface area contributed by atoms with Crippen LogP contribution in [-0.2, 0) is 7.05 Å². The minimum Gasteiger partial charge on any atom is -0.202 e. The van der Waals surface area contributed by atoms with Crippen LogP contribution in [0.1, 0.15) is 36.6 Å². The molecule has 0 amide bonds. The molecule has 2 rings (SSSR count). The van der Waals surface area contributed by atoms with Gasteiger partial charge in [0.1, 0.15) is 7.05 Å². The Bertz CT molecular complexity index is 536. The maximum Gasteiger partial charge on any atom is 0.204 e. The van der Waals surface area contributed by atoms with Gasteiger partial charge in [0, 0.05) is 18.2 Å². The summed E-state index contributed by atoms with van der Waals surface area (Å²) in [7, 11) is 2.06. The summed E-state index contributed by atoms with van der Waals surface area (Å²) in [6.45, 7) is 4.43. The lowest BCUT2D eigenvalue weighted by molar-refractivity contribution is -0.673. The van der Waals surface area contributed by atoms with E-state index in [1.807, 2.05) is 6.07 Å². The van der Waals surface area contributed by atoms with Crippen molar-refractivity contribution in [3.05, 3.63) is 65.5 Å². The third-order valence-electron chi connectivity index (χ3n) is 3.14. The summed E-state index contributed by atoms with van der Waals surface area (Å²) in [6, 6.07) is 15.0. The van der Waals surface area contributed by atoms with E-state index >= 15 is 0 Å². The Morgan fingerprint density at radius 2 is 1.67 bits per heavy atom. The highest BCUT2D eigenvalue weighted by Crippen LogP contribution is 2.15. The molecule has 0 spiro atoms. The Hall–Kier alpha value is -1.89. The topological polar surface area (TPSA) is 3.88 Å². The van der Waals surface area contributed by atoms with Crippen molar-refractivity contribution in [3.63, 3.8) is 0 Å². The standard InChI is InChI=1S/C17H20N/c1-14(2)16-10-7-15(8-11-16)9-12-17-6-4-5-13-18(17)3/h4-14H,1-3H3/q+1/b12-9+. The van der Waals surface area contributed by atoms with Crippen molar-refractivity contribution in [3.8, 4) is 0 Å². The van der Waals surface area contributed by atoms with Crippen molar-refractivity contribution in [2.75, 3.05) is 0 Å². The summed E-state index contributed by atoms with van der Waals surface area (Å²) in [4.78, 5) is 0. The van der Waals surface area contributed by atoms with Crippen molar-refractivity contribution < 1.29 is 4.57 Å². The number of rotatable bonds is 3. The van der Waals surface area contributed by atoms with Gasteiger partial charge < -0.3 is 0 Å². The maximum absolute atomic E-state index is 2.22. The predicted octanol–water partition coefficient (Wildman–Crippen LogP) is 3.80. The fourth-order valence-electron chi connectivity index (χ4n) is 1.88. The van der Waals surface area contributed by atoms with Gasteiger partial charge in [-0.15, -0.1) is 0 Å². The molecule has 0 bridgehead atoms. The molecule has 0 N–H and O–H groups in total. The second-order valence-corrected chi connectivity index (χ2v) is 4.89. The number of hydrogen-bond acceptors (Lipinski definition) is 0. The molecular weight excluding hydrogens is 218 g/mol. The molecule has 0 saturated carbocycles. The zero-order chi connectivity index (χ0) is 13.0. The van der Waals surface area contributed by atoms with Gasteiger partial charge in [-0.05, 0) is 29.2 Å². The number of pyridine rings is 1. The first-order chi connectivity index (χ1) is 8.66. The molecule has 0 radical (unpaired) electrons. The molecule has 0 saturated heterocycles. The summed E-state index contributed by atoms with van der Waals surface area (Å²) in [5.74, 6) is 0.593. The minimum absolute atomic E-state index is 0.593. The van der Waals surface area contributed by atoms with Crippen molar-refractivity contribution in [1.29, 1.82) is 0 Å². The number of hydrogen-bond donors (Lipinski definition) is 0. The highest BCUT2D eigenvalue weighted by molar-refractivity contribution is 5.66. The first-order valence-corrected chi connectivity index (χ1v) is 6.39. The zero-order valence-electron chi connectivity index (χ0n) is 11.3. The largest absolute Gasteiger partial charge is 0.204 e. The van der Waals surface area contributed by atoms with E-state index in [0.717, 1.165) is 0 Å². The molecule has 1 heterocycles. The Kier molecular flexibility index (Phi) is 3.93. The lowest BCUT2D eigenvalue weighted by Gasteiger charge is -2.04. The van der Waals surface area contributed by atoms with Crippen molar-refractivity contribution in [1.82, 2.24) is 0 Å². The fourth-order valence-corrected chi connectivity index (χ4v) is 1.88. The van der Waals surface area contributed by atoms with E-state index in [2.05, 4.69) is 80.2 Å². The molecule has 0 aliphatic carbocycles. The third kappa shape index (κ3) is 3.07. The zero-order valence-corrected chi connectivity index (χ0v) is 11.3. The van der Waals surface area contributed by atoms with Gasteiger partial charge in [-0.25, -0.2) is 4.57 Å². The van der Waals surface area contributed by atoms with Crippen LogP contribution in [0.5, 0.6) is 0 Å². The number of aromatic nitrogens is 1. The summed E-state index contributed by atoms with van der Waals surface area (Å²) in [5.41, 5.74) is 3.83. The van der Waals surface area contributed by atoms with Gasteiger partial charge >= 0.3 is 0 Å². The molecule has 0 atom stereocenters. The molecule has 0 aliphatic heterocycles. The number of aryl methyl sites for hydroxylation is 1. The Morgan fingerprint density at radius 1 is 0.944 bits per heavy atom. The number of nitrogens with zero attached hydrogens (tertiary/aromatic N) is 1. The van der Waals surface area contributed by atoms with E-state index in [9.17, 15) is 0 Å². The average molecular weight is 238 g/mol. The van der Waals surface area contributed by atoms with E-state index in [0.29, 0.717) is 5.92 Å². The molecule has 18 heavy (non-hydrogen) atoms. The molecule has 1 heteroatoms. The quantitative estimate of drug-likeness (QED) is 0.716. The third-order valence-corrected chi connectivity index (χ3v) is 3.14. The van der Waals surface area contributed by atoms with Crippen LogP contribution in [0.15, 0.2) is 48.7 Å². The Labute approximate surface area is 109 Å². The van der Waals surface area contributed by atoms with Gasteiger partial charge in [0.05, 0.1) is 0 Å². The Balaban J connectivity index is 2.17. The average Bonchev–Trinajstić information content (AvgIpc) is 2.38. The van der Waals surface area contributed by atoms with E-state index in [-0.39, 0.29) is 0 Å². The highest BCUT2D eigenvalue weighted by Gasteiger charge is 2.00. The molecule has 1 aromatic heterocycles. The summed E-state index contributed by atoms with van der Waals surface area (Å²) < 4.78 is 2.11. The van der Waals surface area contributed by atoms with E-state index in [4.69, 9.17) is 0 Å². The number of benzene rings is 1. The Morgan fingerprint density at radius 3 is 2.28 bits per heavy atom. The molecule has 0 aliphatic rings. The van der Waals surface area contributed by atoms with Crippen LogP contribution in [0.25, 0.3) is 12.2 Å². The van der Waals surface area contributed by atoms with Crippen LogP contribution in [0, 0.1) is 0 Å². The van der Waals surface area contributed by atoms with E-state index in [1.54, 1.807) is 0 Å². The summed E-state index contributed by atoms with van der Waals surface area (Å²) >= 11 is 0. The fraction of sp³-hybridized carbons (Fsp3) is 0.235. The molecule has 92 valence electrons. The molecular formula is C17H20N+. The van der Waals surface area contributed by atoms with Gasteiger partial charge in [0.15, 0.2) is 6.20 Å². The minimum atomic E-state index is 0.593. The second-order valence-electron chi connectivity index (χ2n) is 4.89. The van der Waals surface area contributed by atoms with Crippen LogP contribution >= 0.6 is 0 Å². The molecule has 2 aromatic rings. The van der Waals surface area contributed by atoms with Crippen molar-refractivity contribution >= 4 is 12.2 Å². The van der Waals surface area contributed by atoms with Crippen LogP contribution in [0.2, 0.25) is 0 Å². The van der Waals surface area contributed by atoms with Crippen molar-refractivity contribution in [2.24, 2.45) is 7.05 Å². The predicted molar refractivity (Wildman–Crippen MR) is 77.1 cm³/mol.